The first-order valence-corrected chi connectivity index (χ1v) is 13.7. The molecule has 0 saturated heterocycles. The first kappa shape index (κ1) is 31.2. The highest BCUT2D eigenvalue weighted by molar-refractivity contribution is 5.68. The Kier molecular flexibility index (Phi) is 10.4. The number of phenols is 2. The van der Waals surface area contributed by atoms with Crippen LogP contribution in [0.15, 0.2) is 24.3 Å². The SMILES string of the molecule is CCCCCC(c1cc(CCC(=O)O)cc(C(C)(C)C)c1O)c1cc(CCC(=O)O)cc(C(C)(C)C)c1O. The molecule has 0 aliphatic rings. The Bertz CT molecular complexity index is 1050. The number of unbranched alkanes of at least 4 members (excludes halogenated alkanes) is 2. The Balaban J connectivity index is 2.85. The van der Waals surface area contributed by atoms with E-state index >= 15 is 0 Å². The Morgan fingerprint density at radius 2 is 1.11 bits per heavy atom. The maximum Gasteiger partial charge on any atom is 0.303 e. The van der Waals surface area contributed by atoms with E-state index in [9.17, 15) is 30.0 Å². The third kappa shape index (κ3) is 8.24. The van der Waals surface area contributed by atoms with Gasteiger partial charge in [-0.1, -0.05) is 92.0 Å². The largest absolute Gasteiger partial charge is 0.507 e. The molecule has 0 spiro atoms. The predicted octanol–water partition coefficient (Wildman–Crippen LogP) is 7.44. The number of hydrogen-bond donors (Lipinski definition) is 4. The number of aromatic hydroxyl groups is 2. The molecule has 0 atom stereocenters. The van der Waals surface area contributed by atoms with E-state index in [-0.39, 0.29) is 41.1 Å². The van der Waals surface area contributed by atoms with Crippen molar-refractivity contribution in [3.63, 3.8) is 0 Å². The fraction of sp³-hybridized carbons (Fsp3) is 0.562. The van der Waals surface area contributed by atoms with Crippen molar-refractivity contribution in [1.29, 1.82) is 0 Å². The van der Waals surface area contributed by atoms with Gasteiger partial charge in [-0.05, 0) is 52.3 Å². The summed E-state index contributed by atoms with van der Waals surface area (Å²) in [6.45, 7) is 14.2. The molecular formula is C32H46O6. The number of aryl methyl sites for hydroxylation is 2. The molecule has 38 heavy (non-hydrogen) atoms. The highest BCUT2D eigenvalue weighted by Gasteiger charge is 2.30. The molecule has 0 aromatic heterocycles. The van der Waals surface area contributed by atoms with Crippen molar-refractivity contribution in [3.05, 3.63) is 57.6 Å². The zero-order valence-electron chi connectivity index (χ0n) is 24.1. The molecule has 0 bridgehead atoms. The van der Waals surface area contributed by atoms with E-state index in [4.69, 9.17) is 0 Å². The molecule has 0 saturated carbocycles. The summed E-state index contributed by atoms with van der Waals surface area (Å²) < 4.78 is 0. The summed E-state index contributed by atoms with van der Waals surface area (Å²) >= 11 is 0. The minimum absolute atomic E-state index is 0.0155. The molecular weight excluding hydrogens is 480 g/mol. The van der Waals surface area contributed by atoms with Crippen LogP contribution in [0.25, 0.3) is 0 Å². The summed E-state index contributed by atoms with van der Waals surface area (Å²) in [6.07, 6.45) is 4.23. The van der Waals surface area contributed by atoms with Gasteiger partial charge in [-0.15, -0.1) is 0 Å². The van der Waals surface area contributed by atoms with E-state index < -0.39 is 11.9 Å². The van der Waals surface area contributed by atoms with Crippen LogP contribution in [0.3, 0.4) is 0 Å². The fourth-order valence-electron chi connectivity index (χ4n) is 4.98. The molecule has 4 N–H and O–H groups in total. The van der Waals surface area contributed by atoms with E-state index in [0.717, 1.165) is 41.5 Å². The van der Waals surface area contributed by atoms with Gasteiger partial charge < -0.3 is 20.4 Å². The second-order valence-electron chi connectivity index (χ2n) is 12.5. The molecule has 210 valence electrons. The molecule has 0 heterocycles. The topological polar surface area (TPSA) is 115 Å². The number of aliphatic carboxylic acids is 2. The number of carbonyl (C=O) groups is 2. The van der Waals surface area contributed by atoms with Crippen LogP contribution in [0.5, 0.6) is 11.5 Å². The third-order valence-corrected chi connectivity index (χ3v) is 7.12. The number of rotatable bonds is 12. The van der Waals surface area contributed by atoms with Crippen molar-refractivity contribution in [1.82, 2.24) is 0 Å². The Hall–Kier alpha value is -3.02. The van der Waals surface area contributed by atoms with Crippen LogP contribution >= 0.6 is 0 Å². The van der Waals surface area contributed by atoms with E-state index in [0.29, 0.717) is 30.4 Å². The van der Waals surface area contributed by atoms with Crippen molar-refractivity contribution in [2.75, 3.05) is 0 Å². The summed E-state index contributed by atoms with van der Waals surface area (Å²) in [4.78, 5) is 22.7. The number of phenolic OH excluding ortho intramolecular Hbond substituents is 2. The van der Waals surface area contributed by atoms with Gasteiger partial charge in [0.15, 0.2) is 0 Å². The smallest absolute Gasteiger partial charge is 0.303 e. The molecule has 0 aliphatic carbocycles. The lowest BCUT2D eigenvalue weighted by Gasteiger charge is -2.29. The average Bonchev–Trinajstić information content (AvgIpc) is 2.79. The monoisotopic (exact) mass is 526 g/mol. The summed E-state index contributed by atoms with van der Waals surface area (Å²) in [6, 6.07) is 7.58. The summed E-state index contributed by atoms with van der Waals surface area (Å²) in [7, 11) is 0. The van der Waals surface area contributed by atoms with Gasteiger partial charge in [0.2, 0.25) is 0 Å². The van der Waals surface area contributed by atoms with Crippen molar-refractivity contribution in [2.45, 2.75) is 117 Å². The number of carboxylic acid groups (broad SMARTS) is 2. The third-order valence-electron chi connectivity index (χ3n) is 7.12. The van der Waals surface area contributed by atoms with Gasteiger partial charge in [-0.3, -0.25) is 9.59 Å². The zero-order valence-corrected chi connectivity index (χ0v) is 24.1. The zero-order chi connectivity index (χ0) is 28.8. The van der Waals surface area contributed by atoms with E-state index in [1.54, 1.807) is 0 Å². The summed E-state index contributed by atoms with van der Waals surface area (Å²) in [5.74, 6) is -1.75. The highest BCUT2D eigenvalue weighted by Crippen LogP contribution is 2.46. The molecule has 0 radical (unpaired) electrons. The maximum atomic E-state index is 11.6. The van der Waals surface area contributed by atoms with E-state index in [1.807, 2.05) is 65.8 Å². The van der Waals surface area contributed by atoms with Crippen LogP contribution in [0.2, 0.25) is 0 Å². The molecule has 2 aromatic carbocycles. The van der Waals surface area contributed by atoms with Gasteiger partial charge in [0.05, 0.1) is 0 Å². The number of benzene rings is 2. The van der Waals surface area contributed by atoms with Gasteiger partial charge in [0.25, 0.3) is 0 Å². The van der Waals surface area contributed by atoms with Crippen LogP contribution in [-0.2, 0) is 33.3 Å². The predicted molar refractivity (Wildman–Crippen MR) is 152 cm³/mol. The van der Waals surface area contributed by atoms with Gasteiger partial charge in [0.1, 0.15) is 11.5 Å². The normalized spacial score (nSPS) is 12.2. The van der Waals surface area contributed by atoms with Crippen LogP contribution in [-0.4, -0.2) is 32.4 Å². The van der Waals surface area contributed by atoms with E-state index in [1.165, 1.54) is 0 Å². The maximum absolute atomic E-state index is 11.6. The van der Waals surface area contributed by atoms with Crippen molar-refractivity contribution in [2.24, 2.45) is 0 Å². The van der Waals surface area contributed by atoms with Crippen molar-refractivity contribution in [3.8, 4) is 11.5 Å². The van der Waals surface area contributed by atoms with Crippen molar-refractivity contribution < 1.29 is 30.0 Å². The Morgan fingerprint density at radius 3 is 1.42 bits per heavy atom. The Morgan fingerprint density at radius 1 is 0.711 bits per heavy atom. The lowest BCUT2D eigenvalue weighted by atomic mass is 9.76. The highest BCUT2D eigenvalue weighted by atomic mass is 16.4. The fourth-order valence-corrected chi connectivity index (χ4v) is 4.98. The minimum atomic E-state index is -0.880. The quantitative estimate of drug-likeness (QED) is 0.214. The molecule has 6 heteroatoms. The molecule has 0 aliphatic heterocycles. The number of hydrogen-bond acceptors (Lipinski definition) is 4. The van der Waals surface area contributed by atoms with Gasteiger partial charge >= 0.3 is 11.9 Å². The van der Waals surface area contributed by atoms with Crippen LogP contribution in [0.4, 0.5) is 0 Å². The minimum Gasteiger partial charge on any atom is -0.507 e. The Labute approximate surface area is 227 Å². The van der Waals surface area contributed by atoms with Gasteiger partial charge in [0, 0.05) is 29.9 Å². The first-order valence-electron chi connectivity index (χ1n) is 13.7. The van der Waals surface area contributed by atoms with Crippen molar-refractivity contribution >= 4 is 11.9 Å². The molecule has 0 unspecified atom stereocenters. The lowest BCUT2D eigenvalue weighted by molar-refractivity contribution is -0.138. The molecule has 0 fully saturated rings. The van der Waals surface area contributed by atoms with Crippen LogP contribution in [0.1, 0.15) is 126 Å². The average molecular weight is 527 g/mol. The van der Waals surface area contributed by atoms with Crippen LogP contribution < -0.4 is 0 Å². The molecule has 2 aromatic rings. The second-order valence-corrected chi connectivity index (χ2v) is 12.5. The molecule has 2 rings (SSSR count). The summed E-state index contributed by atoms with van der Waals surface area (Å²) in [5.41, 5.74) is 3.76. The summed E-state index contributed by atoms with van der Waals surface area (Å²) in [5, 5.41) is 41.8. The molecule has 0 amide bonds. The lowest BCUT2D eigenvalue weighted by Crippen LogP contribution is -2.16. The number of carboxylic acids is 2. The van der Waals surface area contributed by atoms with E-state index in [2.05, 4.69) is 6.92 Å². The van der Waals surface area contributed by atoms with Gasteiger partial charge in [-0.25, -0.2) is 0 Å². The first-order chi connectivity index (χ1) is 17.6. The standard InChI is InChI=1S/C32H46O6/c1-8-9-10-11-22(23-16-20(12-14-27(33)34)18-25(29(23)37)31(2,3)4)24-17-21(13-15-28(35)36)19-26(30(24)38)32(5,6)7/h16-19,22,37-38H,8-15H2,1-7H3,(H,33,34)(H,35,36). The van der Waals surface area contributed by atoms with Crippen LogP contribution in [0, 0.1) is 0 Å². The second kappa shape index (κ2) is 12.7. The molecule has 6 nitrogen and oxygen atoms in total. The van der Waals surface area contributed by atoms with Gasteiger partial charge in [-0.2, -0.15) is 0 Å².